The zero-order valence-electron chi connectivity index (χ0n) is 19.9. The maximum absolute atomic E-state index is 12.6. The van der Waals surface area contributed by atoms with Crippen molar-refractivity contribution < 1.29 is 37.9 Å². The molecule has 1 fully saturated rings. The van der Waals surface area contributed by atoms with E-state index < -0.39 is 26.0 Å². The molecule has 3 aliphatic rings. The van der Waals surface area contributed by atoms with E-state index in [1.807, 2.05) is 13.8 Å². The molecule has 0 amide bonds. The first kappa shape index (κ1) is 26.1. The number of ether oxygens (including phenoxy) is 2. The summed E-state index contributed by atoms with van der Waals surface area (Å²) in [4.78, 5) is 42.8. The Kier molecular flexibility index (Phi) is 8.60. The highest BCUT2D eigenvalue weighted by molar-refractivity contribution is 7.46. The van der Waals surface area contributed by atoms with E-state index in [-0.39, 0.29) is 48.6 Å². The molecule has 8 nitrogen and oxygen atoms in total. The molecule has 0 aromatic rings. The molecular weight excluding hydrogens is 447 g/mol. The van der Waals surface area contributed by atoms with Crippen LogP contribution in [0.5, 0.6) is 0 Å². The standard InChI is InChI=1S/C24H37O8P/c1-5-15(3)24(26)31-21-11-14(2)10-17-7-6-16(4)20(23(17)21)9-8-18-12-19(13-22(25)30-18)32-33(27,28)29/h6-7,10,14-16,18-21,23H,5,8-9,11-13H2,1-4H3,(H2,27,28,29)/t14-,15-,16-,18?,19-,20-,21+,23-/m1/s1. The topological polar surface area (TPSA) is 119 Å². The predicted molar refractivity (Wildman–Crippen MR) is 122 cm³/mol. The first-order valence-electron chi connectivity index (χ1n) is 12.0. The second-order valence-electron chi connectivity index (χ2n) is 9.92. The van der Waals surface area contributed by atoms with Crippen LogP contribution >= 0.6 is 7.82 Å². The molecule has 8 atom stereocenters. The molecule has 2 N–H and O–H groups in total. The van der Waals surface area contributed by atoms with E-state index in [4.69, 9.17) is 23.8 Å². The third kappa shape index (κ3) is 7.01. The smallest absolute Gasteiger partial charge is 0.462 e. The molecule has 1 aliphatic heterocycles. The Morgan fingerprint density at radius 3 is 2.67 bits per heavy atom. The average molecular weight is 485 g/mol. The van der Waals surface area contributed by atoms with Crippen molar-refractivity contribution >= 4 is 19.8 Å². The Morgan fingerprint density at radius 1 is 1.27 bits per heavy atom. The summed E-state index contributed by atoms with van der Waals surface area (Å²) in [5, 5.41) is 0. The largest absolute Gasteiger partial charge is 0.469 e. The highest BCUT2D eigenvalue weighted by Crippen LogP contribution is 2.46. The zero-order valence-corrected chi connectivity index (χ0v) is 20.8. The number of hydrogen-bond acceptors (Lipinski definition) is 6. The Hall–Kier alpha value is -1.47. The van der Waals surface area contributed by atoms with Gasteiger partial charge in [-0.1, -0.05) is 45.9 Å². The van der Waals surface area contributed by atoms with E-state index in [2.05, 4.69) is 32.1 Å². The van der Waals surface area contributed by atoms with Gasteiger partial charge in [-0.15, -0.1) is 0 Å². The molecule has 33 heavy (non-hydrogen) atoms. The molecule has 1 unspecified atom stereocenters. The summed E-state index contributed by atoms with van der Waals surface area (Å²) in [5.74, 6) is 0.0452. The van der Waals surface area contributed by atoms with Gasteiger partial charge in [-0.05, 0) is 49.0 Å². The normalized spacial score (nSPS) is 35.3. The monoisotopic (exact) mass is 484 g/mol. The number of cyclic esters (lactones) is 1. The maximum Gasteiger partial charge on any atom is 0.469 e. The molecule has 0 bridgehead atoms. The van der Waals surface area contributed by atoms with E-state index in [0.717, 1.165) is 19.3 Å². The molecule has 3 rings (SSSR count). The number of phosphoric acid groups is 1. The van der Waals surface area contributed by atoms with Crippen LogP contribution in [0, 0.1) is 29.6 Å². The second-order valence-corrected chi connectivity index (χ2v) is 11.1. The molecule has 0 saturated carbocycles. The molecule has 9 heteroatoms. The van der Waals surface area contributed by atoms with Gasteiger partial charge in [0.25, 0.3) is 0 Å². The van der Waals surface area contributed by atoms with E-state index in [1.165, 1.54) is 5.57 Å². The van der Waals surface area contributed by atoms with Gasteiger partial charge in [-0.3, -0.25) is 14.1 Å². The van der Waals surface area contributed by atoms with Crippen molar-refractivity contribution in [3.8, 4) is 0 Å². The van der Waals surface area contributed by atoms with Gasteiger partial charge in [0.2, 0.25) is 0 Å². The van der Waals surface area contributed by atoms with E-state index in [1.54, 1.807) is 0 Å². The number of carbonyl (C=O) groups is 2. The fourth-order valence-electron chi connectivity index (χ4n) is 5.33. The van der Waals surface area contributed by atoms with Gasteiger partial charge in [0.05, 0.1) is 18.4 Å². The molecule has 0 spiro atoms. The fourth-order valence-corrected chi connectivity index (χ4v) is 5.88. The number of fused-ring (bicyclic) bond motifs is 1. The lowest BCUT2D eigenvalue weighted by Gasteiger charge is -2.43. The van der Waals surface area contributed by atoms with Gasteiger partial charge in [0.1, 0.15) is 12.2 Å². The lowest BCUT2D eigenvalue weighted by Crippen LogP contribution is -2.42. The third-order valence-corrected chi connectivity index (χ3v) is 7.78. The van der Waals surface area contributed by atoms with Gasteiger partial charge in [-0.2, -0.15) is 0 Å². The number of esters is 2. The minimum Gasteiger partial charge on any atom is -0.462 e. The molecular formula is C24H37O8P. The number of allylic oxidation sites excluding steroid dienone is 3. The van der Waals surface area contributed by atoms with Crippen molar-refractivity contribution in [2.75, 3.05) is 0 Å². The summed E-state index contributed by atoms with van der Waals surface area (Å²) < 4.78 is 27.5. The summed E-state index contributed by atoms with van der Waals surface area (Å²) in [6, 6.07) is 0. The minimum absolute atomic E-state index is 0.0793. The van der Waals surface area contributed by atoms with Gasteiger partial charge in [0.15, 0.2) is 0 Å². The van der Waals surface area contributed by atoms with Crippen LogP contribution in [0.2, 0.25) is 0 Å². The highest BCUT2D eigenvalue weighted by atomic mass is 31.2. The summed E-state index contributed by atoms with van der Waals surface area (Å²) in [6.07, 6.45) is 7.99. The van der Waals surface area contributed by atoms with Crippen molar-refractivity contribution in [1.29, 1.82) is 0 Å². The molecule has 0 radical (unpaired) electrons. The first-order valence-corrected chi connectivity index (χ1v) is 13.5. The summed E-state index contributed by atoms with van der Waals surface area (Å²) in [5.41, 5.74) is 1.20. The maximum atomic E-state index is 12.6. The lowest BCUT2D eigenvalue weighted by atomic mass is 9.65. The van der Waals surface area contributed by atoms with Gasteiger partial charge in [-0.25, -0.2) is 4.57 Å². The summed E-state index contributed by atoms with van der Waals surface area (Å²) in [7, 11) is -4.67. The predicted octanol–water partition coefficient (Wildman–Crippen LogP) is 4.31. The number of rotatable bonds is 8. The number of carbonyl (C=O) groups excluding carboxylic acids is 2. The van der Waals surface area contributed by atoms with Gasteiger partial charge < -0.3 is 19.3 Å². The summed E-state index contributed by atoms with van der Waals surface area (Å²) >= 11 is 0. The van der Waals surface area contributed by atoms with Crippen LogP contribution in [0.15, 0.2) is 23.8 Å². The van der Waals surface area contributed by atoms with Crippen molar-refractivity contribution in [2.45, 2.75) is 84.5 Å². The molecule has 1 heterocycles. The van der Waals surface area contributed by atoms with Crippen molar-refractivity contribution in [3.63, 3.8) is 0 Å². The SMILES string of the molecule is CC[C@@H](C)C(=O)O[C@H]1C[C@H](C)C=C2C=C[C@@H](C)[C@@H](CCC3C[C@@H](OP(=O)(O)O)CC(=O)O3)[C@@H]21. The fraction of sp³-hybridized carbons (Fsp3) is 0.750. The minimum atomic E-state index is -4.67. The Labute approximate surface area is 196 Å². The molecule has 0 aromatic heterocycles. The van der Waals surface area contributed by atoms with Crippen LogP contribution in [-0.4, -0.2) is 40.0 Å². The molecule has 2 aliphatic carbocycles. The van der Waals surface area contributed by atoms with Crippen molar-refractivity contribution in [2.24, 2.45) is 29.6 Å². The van der Waals surface area contributed by atoms with E-state index in [0.29, 0.717) is 12.3 Å². The average Bonchev–Trinajstić information content (AvgIpc) is 2.70. The molecule has 186 valence electrons. The third-order valence-electron chi connectivity index (χ3n) is 7.20. The summed E-state index contributed by atoms with van der Waals surface area (Å²) in [6.45, 7) is 8.15. The first-order chi connectivity index (χ1) is 15.5. The van der Waals surface area contributed by atoms with Crippen LogP contribution < -0.4 is 0 Å². The van der Waals surface area contributed by atoms with Crippen LogP contribution in [0.4, 0.5) is 0 Å². The van der Waals surface area contributed by atoms with Crippen LogP contribution in [-0.2, 0) is 28.2 Å². The highest BCUT2D eigenvalue weighted by Gasteiger charge is 2.42. The van der Waals surface area contributed by atoms with Crippen LogP contribution in [0.1, 0.15) is 66.2 Å². The van der Waals surface area contributed by atoms with Crippen molar-refractivity contribution in [3.05, 3.63) is 23.8 Å². The van der Waals surface area contributed by atoms with Gasteiger partial charge in [0, 0.05) is 12.3 Å². The lowest BCUT2D eigenvalue weighted by molar-refractivity contribution is -0.162. The Bertz CT molecular complexity index is 830. The Morgan fingerprint density at radius 2 is 2.00 bits per heavy atom. The van der Waals surface area contributed by atoms with Crippen LogP contribution in [0.25, 0.3) is 0 Å². The molecule has 0 aromatic carbocycles. The second kappa shape index (κ2) is 10.9. The Balaban J connectivity index is 1.72. The van der Waals surface area contributed by atoms with E-state index >= 15 is 0 Å². The molecule has 1 saturated heterocycles. The van der Waals surface area contributed by atoms with Gasteiger partial charge >= 0.3 is 19.8 Å². The van der Waals surface area contributed by atoms with Crippen molar-refractivity contribution in [1.82, 2.24) is 0 Å². The number of hydrogen-bond donors (Lipinski definition) is 2. The zero-order chi connectivity index (χ0) is 24.3. The number of phosphoric ester groups is 1. The quantitative estimate of drug-likeness (QED) is 0.386. The van der Waals surface area contributed by atoms with Crippen LogP contribution in [0.3, 0.4) is 0 Å². The van der Waals surface area contributed by atoms with E-state index in [9.17, 15) is 14.2 Å².